The second kappa shape index (κ2) is 38.4. The SMILES string of the molecule is Br.Br.Br.Br.C.CCNCCCNCCCCNCCCNCC(CC)CC. The summed E-state index contributed by atoms with van der Waals surface area (Å²) in [5.41, 5.74) is 0. The maximum Gasteiger partial charge on any atom is -0.00207 e. The van der Waals surface area contributed by atoms with Gasteiger partial charge in [-0.15, -0.1) is 67.9 Å². The van der Waals surface area contributed by atoms with Crippen LogP contribution < -0.4 is 21.3 Å². The highest BCUT2D eigenvalue weighted by Crippen LogP contribution is 2.04. The molecule has 0 aromatic heterocycles. The third-order valence-electron chi connectivity index (χ3n) is 4.21. The maximum atomic E-state index is 3.57. The number of nitrogens with one attached hydrogen (secondary N) is 4. The van der Waals surface area contributed by atoms with Gasteiger partial charge in [-0.05, 0) is 84.0 Å². The Balaban J connectivity index is -0.000000220. The summed E-state index contributed by atoms with van der Waals surface area (Å²) >= 11 is 0. The van der Waals surface area contributed by atoms with Crippen LogP contribution in [0.1, 0.15) is 66.7 Å². The molecule has 0 bridgehead atoms. The van der Waals surface area contributed by atoms with Crippen molar-refractivity contribution < 1.29 is 0 Å². The molecule has 0 aliphatic rings. The van der Waals surface area contributed by atoms with Crippen LogP contribution in [0.25, 0.3) is 0 Å². The second-order valence-corrected chi connectivity index (χ2v) is 6.15. The summed E-state index contributed by atoms with van der Waals surface area (Å²) < 4.78 is 0. The lowest BCUT2D eigenvalue weighted by molar-refractivity contribution is 0.445. The molecule has 0 heterocycles. The molecule has 0 unspecified atom stereocenters. The summed E-state index contributed by atoms with van der Waals surface area (Å²) in [6, 6.07) is 0. The molecule has 0 radical (unpaired) electrons. The summed E-state index contributed by atoms with van der Waals surface area (Å²) in [5, 5.41) is 14.0. The van der Waals surface area contributed by atoms with Crippen LogP contribution in [0.2, 0.25) is 0 Å². The molecule has 0 atom stereocenters. The number of hydrogen-bond acceptors (Lipinski definition) is 4. The van der Waals surface area contributed by atoms with Gasteiger partial charge in [0.15, 0.2) is 0 Å². The Bertz CT molecular complexity index is 212. The minimum Gasteiger partial charge on any atom is -0.317 e. The van der Waals surface area contributed by atoms with Gasteiger partial charge in [0.2, 0.25) is 0 Å². The molecule has 4 nitrogen and oxygen atoms in total. The molecule has 0 rings (SSSR count). The van der Waals surface area contributed by atoms with Crippen molar-refractivity contribution in [1.82, 2.24) is 21.3 Å². The van der Waals surface area contributed by atoms with E-state index >= 15 is 0 Å². The van der Waals surface area contributed by atoms with Gasteiger partial charge >= 0.3 is 0 Å². The molecule has 27 heavy (non-hydrogen) atoms. The van der Waals surface area contributed by atoms with Gasteiger partial charge in [-0.25, -0.2) is 0 Å². The Labute approximate surface area is 213 Å². The highest BCUT2D eigenvalue weighted by molar-refractivity contribution is 8.93. The van der Waals surface area contributed by atoms with E-state index in [1.165, 1.54) is 45.1 Å². The minimum atomic E-state index is 0. The quantitative estimate of drug-likeness (QED) is 0.152. The van der Waals surface area contributed by atoms with Gasteiger partial charge < -0.3 is 21.3 Å². The van der Waals surface area contributed by atoms with E-state index in [0.717, 1.165) is 51.7 Å². The van der Waals surface area contributed by atoms with Crippen LogP contribution in [0.3, 0.4) is 0 Å². The zero-order chi connectivity index (χ0) is 16.3. The maximum absolute atomic E-state index is 3.57. The fraction of sp³-hybridized carbons (Fsp3) is 1.00. The Kier molecular flexibility index (Phi) is 60.8. The van der Waals surface area contributed by atoms with E-state index in [4.69, 9.17) is 0 Å². The van der Waals surface area contributed by atoms with Crippen molar-refractivity contribution in [1.29, 1.82) is 0 Å². The molecule has 174 valence electrons. The first-order valence-corrected chi connectivity index (χ1v) is 9.67. The zero-order valence-electron chi connectivity index (χ0n) is 17.1. The van der Waals surface area contributed by atoms with Gasteiger partial charge in [0, 0.05) is 0 Å². The summed E-state index contributed by atoms with van der Waals surface area (Å²) in [5.74, 6) is 0.859. The molecule has 0 fully saturated rings. The summed E-state index contributed by atoms with van der Waals surface area (Å²) in [4.78, 5) is 0. The van der Waals surface area contributed by atoms with Crippen molar-refractivity contribution in [3.63, 3.8) is 0 Å². The molecule has 0 aromatic rings. The first-order valence-electron chi connectivity index (χ1n) is 9.67. The molecule has 0 amide bonds. The van der Waals surface area contributed by atoms with E-state index in [2.05, 4.69) is 42.0 Å². The van der Waals surface area contributed by atoms with Gasteiger partial charge in [-0.1, -0.05) is 41.0 Å². The lowest BCUT2D eigenvalue weighted by Gasteiger charge is -2.13. The van der Waals surface area contributed by atoms with E-state index in [1.54, 1.807) is 0 Å². The van der Waals surface area contributed by atoms with Crippen molar-refractivity contribution in [2.24, 2.45) is 5.92 Å². The van der Waals surface area contributed by atoms with E-state index in [9.17, 15) is 0 Å². The third kappa shape index (κ3) is 35.6. The summed E-state index contributed by atoms with van der Waals surface area (Å²) in [7, 11) is 0. The third-order valence-corrected chi connectivity index (χ3v) is 4.21. The average molecular weight is 654 g/mol. The topological polar surface area (TPSA) is 48.1 Å². The van der Waals surface area contributed by atoms with Gasteiger partial charge in [0.25, 0.3) is 0 Å². The zero-order valence-corrected chi connectivity index (χ0v) is 24.0. The van der Waals surface area contributed by atoms with Crippen molar-refractivity contribution >= 4 is 67.9 Å². The lowest BCUT2D eigenvalue weighted by Crippen LogP contribution is -2.27. The first-order chi connectivity index (χ1) is 10.8. The van der Waals surface area contributed by atoms with Gasteiger partial charge in [0.05, 0.1) is 0 Å². The molecule has 0 aliphatic carbocycles. The number of unbranched alkanes of at least 4 members (excludes halogenated alkanes) is 1. The molecule has 8 heteroatoms. The van der Waals surface area contributed by atoms with E-state index < -0.39 is 0 Å². The monoisotopic (exact) mass is 650 g/mol. The Hall–Kier alpha value is 1.76. The average Bonchev–Trinajstić information content (AvgIpc) is 2.55. The highest BCUT2D eigenvalue weighted by Gasteiger charge is 2.01. The van der Waals surface area contributed by atoms with Crippen LogP contribution in [0.15, 0.2) is 0 Å². The second-order valence-electron chi connectivity index (χ2n) is 6.15. The molecule has 0 saturated carbocycles. The normalized spacial score (nSPS) is 9.33. The number of hydrogen-bond donors (Lipinski definition) is 4. The Morgan fingerprint density at radius 2 is 0.889 bits per heavy atom. The largest absolute Gasteiger partial charge is 0.317 e. The molecular weight excluding hydrogens is 604 g/mol. The standard InChI is InChI=1S/C18H42N4.CH4.4BrH/c1-4-18(5-2)17-22-16-10-15-21-12-8-7-11-20-14-9-13-19-6-3;;;;;/h18-22H,4-17H2,1-3H3;1H4;4*1H. The molecular formula is C19H50Br4N4. The van der Waals surface area contributed by atoms with Gasteiger partial charge in [0.1, 0.15) is 0 Å². The van der Waals surface area contributed by atoms with Crippen LogP contribution in [-0.4, -0.2) is 52.4 Å². The summed E-state index contributed by atoms with van der Waals surface area (Å²) in [6.45, 7) is 15.9. The van der Waals surface area contributed by atoms with E-state index in [1.807, 2.05) is 0 Å². The van der Waals surface area contributed by atoms with Crippen LogP contribution in [0.4, 0.5) is 0 Å². The molecule has 4 N–H and O–H groups in total. The van der Waals surface area contributed by atoms with Crippen molar-refractivity contribution in [2.75, 3.05) is 52.4 Å². The number of rotatable bonds is 18. The molecule has 0 aromatic carbocycles. The Morgan fingerprint density at radius 3 is 1.30 bits per heavy atom. The minimum absolute atomic E-state index is 0. The Morgan fingerprint density at radius 1 is 0.519 bits per heavy atom. The fourth-order valence-corrected chi connectivity index (χ4v) is 2.49. The molecule has 0 saturated heterocycles. The van der Waals surface area contributed by atoms with Gasteiger partial charge in [-0.3, -0.25) is 0 Å². The molecule has 0 aliphatic heterocycles. The first kappa shape index (κ1) is 42.8. The van der Waals surface area contributed by atoms with Gasteiger partial charge in [-0.2, -0.15) is 0 Å². The van der Waals surface area contributed by atoms with Crippen molar-refractivity contribution in [3.8, 4) is 0 Å². The van der Waals surface area contributed by atoms with Crippen molar-refractivity contribution in [2.45, 2.75) is 66.7 Å². The lowest BCUT2D eigenvalue weighted by atomic mass is 10.0. The predicted octanol–water partition coefficient (Wildman–Crippen LogP) is 5.31. The van der Waals surface area contributed by atoms with Crippen LogP contribution in [-0.2, 0) is 0 Å². The highest BCUT2D eigenvalue weighted by atomic mass is 79.9. The summed E-state index contributed by atoms with van der Waals surface area (Å²) in [6.07, 6.45) is 7.62. The van der Waals surface area contributed by atoms with Crippen LogP contribution in [0.5, 0.6) is 0 Å². The molecule has 0 spiro atoms. The fourth-order valence-electron chi connectivity index (χ4n) is 2.49. The van der Waals surface area contributed by atoms with Crippen molar-refractivity contribution in [3.05, 3.63) is 0 Å². The van der Waals surface area contributed by atoms with Crippen LogP contribution in [0, 0.1) is 5.92 Å². The van der Waals surface area contributed by atoms with Crippen LogP contribution >= 0.6 is 67.9 Å². The smallest absolute Gasteiger partial charge is 0.00207 e. The van der Waals surface area contributed by atoms with E-state index in [0.29, 0.717) is 0 Å². The van der Waals surface area contributed by atoms with E-state index in [-0.39, 0.29) is 75.4 Å². The number of halogens is 4. The predicted molar refractivity (Wildman–Crippen MR) is 148 cm³/mol.